The van der Waals surface area contributed by atoms with E-state index in [4.69, 9.17) is 10.9 Å². The lowest BCUT2D eigenvalue weighted by Gasteiger charge is -2.29. The highest BCUT2D eigenvalue weighted by Gasteiger charge is 2.31. The van der Waals surface area contributed by atoms with Gasteiger partial charge in [0.25, 0.3) is 0 Å². The highest BCUT2D eigenvalue weighted by Crippen LogP contribution is 2.25. The highest BCUT2D eigenvalue weighted by molar-refractivity contribution is 7.89. The van der Waals surface area contributed by atoms with Crippen LogP contribution in [0.3, 0.4) is 0 Å². The van der Waals surface area contributed by atoms with Crippen molar-refractivity contribution in [1.82, 2.24) is 9.29 Å². The average Bonchev–Trinajstić information content (AvgIpc) is 2.47. The van der Waals surface area contributed by atoms with Crippen LogP contribution in [-0.2, 0) is 10.0 Å². The number of pyridine rings is 1. The molecule has 0 radical (unpaired) electrons. The van der Waals surface area contributed by atoms with Crippen molar-refractivity contribution in [2.24, 2.45) is 5.84 Å². The zero-order chi connectivity index (χ0) is 15.2. The molecular weight excluding hydrogens is 280 g/mol. The summed E-state index contributed by atoms with van der Waals surface area (Å²) in [6.07, 6.45) is 2.80. The molecule has 0 saturated heterocycles. The summed E-state index contributed by atoms with van der Waals surface area (Å²) >= 11 is 0. The molecule has 7 nitrogen and oxygen atoms in total. The Balaban J connectivity index is 3.29. The van der Waals surface area contributed by atoms with Gasteiger partial charge >= 0.3 is 0 Å². The Morgan fingerprint density at radius 3 is 2.60 bits per heavy atom. The van der Waals surface area contributed by atoms with Gasteiger partial charge in [-0.3, -0.25) is 0 Å². The SMILES string of the molecule is CCC(CC)N(CCO)S(=O)(=O)c1cccnc1NN. The molecule has 0 aliphatic rings. The minimum Gasteiger partial charge on any atom is -0.395 e. The van der Waals surface area contributed by atoms with Crippen molar-refractivity contribution in [3.05, 3.63) is 18.3 Å². The number of aliphatic hydroxyl groups is 1. The number of nitrogen functional groups attached to an aromatic ring is 1. The number of aromatic nitrogens is 1. The first-order valence-corrected chi connectivity index (χ1v) is 8.01. The Bertz CT molecular complexity index is 517. The van der Waals surface area contributed by atoms with E-state index in [0.29, 0.717) is 12.8 Å². The molecule has 0 aliphatic carbocycles. The third kappa shape index (κ3) is 3.45. The van der Waals surface area contributed by atoms with Crippen LogP contribution in [0.5, 0.6) is 0 Å². The molecule has 1 aromatic rings. The van der Waals surface area contributed by atoms with Crippen molar-refractivity contribution in [3.8, 4) is 0 Å². The Labute approximate surface area is 119 Å². The molecule has 0 saturated carbocycles. The molecule has 0 amide bonds. The smallest absolute Gasteiger partial charge is 0.247 e. The van der Waals surface area contributed by atoms with Gasteiger partial charge in [-0.1, -0.05) is 13.8 Å². The van der Waals surface area contributed by atoms with Crippen molar-refractivity contribution in [1.29, 1.82) is 0 Å². The zero-order valence-electron chi connectivity index (χ0n) is 11.8. The zero-order valence-corrected chi connectivity index (χ0v) is 12.6. The van der Waals surface area contributed by atoms with Crippen molar-refractivity contribution < 1.29 is 13.5 Å². The molecule has 20 heavy (non-hydrogen) atoms. The van der Waals surface area contributed by atoms with E-state index in [1.54, 1.807) is 0 Å². The van der Waals surface area contributed by atoms with Crippen molar-refractivity contribution in [2.45, 2.75) is 37.6 Å². The average molecular weight is 302 g/mol. The molecule has 1 aromatic heterocycles. The van der Waals surface area contributed by atoms with E-state index in [-0.39, 0.29) is 29.9 Å². The summed E-state index contributed by atoms with van der Waals surface area (Å²) < 4.78 is 26.8. The Morgan fingerprint density at radius 1 is 1.45 bits per heavy atom. The molecule has 8 heteroatoms. The van der Waals surface area contributed by atoms with Gasteiger partial charge in [0.05, 0.1) is 6.61 Å². The van der Waals surface area contributed by atoms with Gasteiger partial charge in [-0.2, -0.15) is 4.31 Å². The summed E-state index contributed by atoms with van der Waals surface area (Å²) in [5.74, 6) is 5.42. The van der Waals surface area contributed by atoms with Gasteiger partial charge in [0.15, 0.2) is 5.82 Å². The molecule has 0 bridgehead atoms. The summed E-state index contributed by atoms with van der Waals surface area (Å²) in [6.45, 7) is 3.65. The number of sulfonamides is 1. The Morgan fingerprint density at radius 2 is 2.10 bits per heavy atom. The Hall–Kier alpha value is -1.22. The molecule has 0 aliphatic heterocycles. The van der Waals surface area contributed by atoms with E-state index in [0.717, 1.165) is 0 Å². The molecule has 0 atom stereocenters. The van der Waals surface area contributed by atoms with Crippen LogP contribution in [0, 0.1) is 0 Å². The summed E-state index contributed by atoms with van der Waals surface area (Å²) in [5.41, 5.74) is 2.29. The number of nitrogens with two attached hydrogens (primary N) is 1. The van der Waals surface area contributed by atoms with Gasteiger partial charge in [0.2, 0.25) is 10.0 Å². The lowest BCUT2D eigenvalue weighted by atomic mass is 10.2. The number of anilines is 1. The molecule has 1 rings (SSSR count). The van der Waals surface area contributed by atoms with Crippen LogP contribution in [-0.4, -0.2) is 42.0 Å². The number of nitrogens with one attached hydrogen (secondary N) is 1. The van der Waals surface area contributed by atoms with Crippen LogP contribution >= 0.6 is 0 Å². The van der Waals surface area contributed by atoms with Crippen LogP contribution < -0.4 is 11.3 Å². The summed E-state index contributed by atoms with van der Waals surface area (Å²) in [7, 11) is -3.76. The first kappa shape index (κ1) is 16.8. The largest absolute Gasteiger partial charge is 0.395 e. The van der Waals surface area contributed by atoms with Crippen LogP contribution in [0.25, 0.3) is 0 Å². The third-order valence-electron chi connectivity index (χ3n) is 3.16. The van der Waals surface area contributed by atoms with Gasteiger partial charge in [-0.15, -0.1) is 0 Å². The predicted molar refractivity (Wildman–Crippen MR) is 77.4 cm³/mol. The van der Waals surface area contributed by atoms with Crippen molar-refractivity contribution in [3.63, 3.8) is 0 Å². The summed E-state index contributed by atoms with van der Waals surface area (Å²) in [4.78, 5) is 3.93. The predicted octanol–water partition coefficient (Wildman–Crippen LogP) is 0.539. The topological polar surface area (TPSA) is 109 Å². The molecule has 0 fully saturated rings. The first-order chi connectivity index (χ1) is 9.52. The van der Waals surface area contributed by atoms with Crippen molar-refractivity contribution >= 4 is 15.8 Å². The standard InChI is InChI=1S/C12H22N4O3S/c1-3-10(4-2)16(8-9-17)20(18,19)11-6-5-7-14-12(11)15-13/h5-7,10,17H,3-4,8-9,13H2,1-2H3,(H,14,15). The van der Waals surface area contributed by atoms with Crippen LogP contribution in [0.2, 0.25) is 0 Å². The van der Waals surface area contributed by atoms with Gasteiger partial charge < -0.3 is 10.5 Å². The second-order valence-electron chi connectivity index (χ2n) is 4.30. The lowest BCUT2D eigenvalue weighted by Crippen LogP contribution is -2.41. The number of nitrogens with zero attached hydrogens (tertiary/aromatic N) is 2. The second kappa shape index (κ2) is 7.53. The van der Waals surface area contributed by atoms with E-state index in [1.165, 1.54) is 22.6 Å². The first-order valence-electron chi connectivity index (χ1n) is 6.57. The maximum atomic E-state index is 12.7. The molecule has 0 unspecified atom stereocenters. The van der Waals surface area contributed by atoms with E-state index in [9.17, 15) is 8.42 Å². The molecule has 114 valence electrons. The minimum absolute atomic E-state index is 0.0165. The number of hydrazine groups is 1. The maximum Gasteiger partial charge on any atom is 0.247 e. The molecule has 1 heterocycles. The van der Waals surface area contributed by atoms with E-state index < -0.39 is 10.0 Å². The fraction of sp³-hybridized carbons (Fsp3) is 0.583. The summed E-state index contributed by atoms with van der Waals surface area (Å²) in [6, 6.07) is 2.82. The number of aliphatic hydroxyl groups excluding tert-OH is 1. The van der Waals surface area contributed by atoms with E-state index in [1.807, 2.05) is 13.8 Å². The minimum atomic E-state index is -3.76. The number of hydrogen-bond donors (Lipinski definition) is 3. The van der Waals surface area contributed by atoms with Gasteiger partial charge in [-0.25, -0.2) is 19.2 Å². The highest BCUT2D eigenvalue weighted by atomic mass is 32.2. The van der Waals surface area contributed by atoms with Gasteiger partial charge in [0, 0.05) is 18.8 Å². The number of rotatable bonds is 8. The quantitative estimate of drug-likeness (QED) is 0.478. The lowest BCUT2D eigenvalue weighted by molar-refractivity contribution is 0.219. The fourth-order valence-electron chi connectivity index (χ4n) is 2.13. The van der Waals surface area contributed by atoms with Crippen LogP contribution in [0.4, 0.5) is 5.82 Å². The van der Waals surface area contributed by atoms with Gasteiger partial charge in [-0.05, 0) is 25.0 Å². The van der Waals surface area contributed by atoms with Crippen LogP contribution in [0.15, 0.2) is 23.2 Å². The molecule has 0 spiro atoms. The fourth-order valence-corrected chi connectivity index (χ4v) is 4.00. The van der Waals surface area contributed by atoms with Gasteiger partial charge in [0.1, 0.15) is 4.90 Å². The third-order valence-corrected chi connectivity index (χ3v) is 5.15. The maximum absolute atomic E-state index is 12.7. The summed E-state index contributed by atoms with van der Waals surface area (Å²) in [5, 5.41) is 9.15. The van der Waals surface area contributed by atoms with Crippen molar-refractivity contribution in [2.75, 3.05) is 18.6 Å². The number of hydrogen-bond acceptors (Lipinski definition) is 6. The second-order valence-corrected chi connectivity index (χ2v) is 6.16. The van der Waals surface area contributed by atoms with Crippen LogP contribution in [0.1, 0.15) is 26.7 Å². The normalized spacial score (nSPS) is 12.1. The Kier molecular flexibility index (Phi) is 6.34. The monoisotopic (exact) mass is 302 g/mol. The molecular formula is C12H22N4O3S. The molecule has 0 aromatic carbocycles. The van der Waals surface area contributed by atoms with E-state index >= 15 is 0 Å². The van der Waals surface area contributed by atoms with E-state index in [2.05, 4.69) is 10.4 Å². The molecule has 4 N–H and O–H groups in total.